The van der Waals surface area contributed by atoms with Gasteiger partial charge in [0.15, 0.2) is 0 Å². The predicted octanol–water partition coefficient (Wildman–Crippen LogP) is 4.58. The molecule has 0 saturated heterocycles. The van der Waals surface area contributed by atoms with Crippen LogP contribution in [-0.4, -0.2) is 34.6 Å². The first kappa shape index (κ1) is 18.0. The molecule has 0 aromatic carbocycles. The number of hydrogen-bond acceptors (Lipinski definition) is 2. The SMILES string of the molecule is CCC(CC)N(CC(F)(F)F)C(=O)c1nc(Cl)ccc1Cl. The monoisotopic (exact) mass is 342 g/mol. The van der Waals surface area contributed by atoms with E-state index in [9.17, 15) is 18.0 Å². The van der Waals surface area contributed by atoms with Crippen molar-refractivity contribution in [3.8, 4) is 0 Å². The molecule has 0 radical (unpaired) electrons. The molecule has 0 unspecified atom stereocenters. The lowest BCUT2D eigenvalue weighted by molar-refractivity contribution is -0.145. The minimum absolute atomic E-state index is 0.000689. The van der Waals surface area contributed by atoms with Gasteiger partial charge in [-0.05, 0) is 25.0 Å². The van der Waals surface area contributed by atoms with Gasteiger partial charge in [0, 0.05) is 6.04 Å². The summed E-state index contributed by atoms with van der Waals surface area (Å²) in [6, 6.07) is 2.16. The van der Waals surface area contributed by atoms with Gasteiger partial charge >= 0.3 is 6.18 Å². The summed E-state index contributed by atoms with van der Waals surface area (Å²) in [6.07, 6.45) is -3.70. The first-order chi connectivity index (χ1) is 9.69. The van der Waals surface area contributed by atoms with Gasteiger partial charge in [-0.15, -0.1) is 0 Å². The fourth-order valence-corrected chi connectivity index (χ4v) is 2.33. The Kier molecular flexibility index (Phi) is 6.28. The van der Waals surface area contributed by atoms with E-state index in [1.54, 1.807) is 13.8 Å². The van der Waals surface area contributed by atoms with Crippen molar-refractivity contribution >= 4 is 29.1 Å². The zero-order valence-electron chi connectivity index (χ0n) is 11.5. The molecule has 21 heavy (non-hydrogen) atoms. The van der Waals surface area contributed by atoms with Gasteiger partial charge < -0.3 is 4.90 Å². The highest BCUT2D eigenvalue weighted by Gasteiger charge is 2.37. The molecule has 0 fully saturated rings. The number of hydrogen-bond donors (Lipinski definition) is 0. The van der Waals surface area contributed by atoms with Gasteiger partial charge in [-0.25, -0.2) is 4.98 Å². The van der Waals surface area contributed by atoms with E-state index in [4.69, 9.17) is 23.2 Å². The summed E-state index contributed by atoms with van der Waals surface area (Å²) in [5.74, 6) is -0.867. The maximum absolute atomic E-state index is 12.7. The van der Waals surface area contributed by atoms with Crippen LogP contribution in [0.5, 0.6) is 0 Å². The molecule has 1 aromatic rings. The molecule has 1 aromatic heterocycles. The molecule has 0 aliphatic carbocycles. The Labute approximate surface area is 131 Å². The number of carbonyl (C=O) groups excluding carboxylic acids is 1. The van der Waals surface area contributed by atoms with E-state index < -0.39 is 24.7 Å². The van der Waals surface area contributed by atoms with E-state index in [1.165, 1.54) is 12.1 Å². The highest BCUT2D eigenvalue weighted by Crippen LogP contribution is 2.25. The Bertz CT molecular complexity index is 505. The molecular formula is C13H15Cl2F3N2O. The molecule has 0 saturated carbocycles. The summed E-state index contributed by atoms with van der Waals surface area (Å²) in [4.78, 5) is 16.9. The van der Waals surface area contributed by atoms with Crippen LogP contribution in [0.25, 0.3) is 0 Å². The second-order valence-corrected chi connectivity index (χ2v) is 5.28. The summed E-state index contributed by atoms with van der Waals surface area (Å²) >= 11 is 11.5. The highest BCUT2D eigenvalue weighted by atomic mass is 35.5. The van der Waals surface area contributed by atoms with Crippen molar-refractivity contribution in [2.75, 3.05) is 6.54 Å². The van der Waals surface area contributed by atoms with Crippen LogP contribution in [0.2, 0.25) is 10.2 Å². The Balaban J connectivity index is 3.18. The molecule has 1 rings (SSSR count). The normalized spacial score (nSPS) is 11.8. The first-order valence-electron chi connectivity index (χ1n) is 6.39. The third-order valence-corrected chi connectivity index (χ3v) is 3.52. The first-order valence-corrected chi connectivity index (χ1v) is 7.15. The molecular weight excluding hydrogens is 328 g/mol. The second-order valence-electron chi connectivity index (χ2n) is 4.48. The van der Waals surface area contributed by atoms with Crippen molar-refractivity contribution in [3.63, 3.8) is 0 Å². The molecule has 1 heterocycles. The van der Waals surface area contributed by atoms with E-state index in [-0.39, 0.29) is 15.9 Å². The topological polar surface area (TPSA) is 33.2 Å². The average molecular weight is 343 g/mol. The van der Waals surface area contributed by atoms with Crippen molar-refractivity contribution in [2.24, 2.45) is 0 Å². The van der Waals surface area contributed by atoms with E-state index in [0.29, 0.717) is 12.8 Å². The highest BCUT2D eigenvalue weighted by molar-refractivity contribution is 6.34. The van der Waals surface area contributed by atoms with Gasteiger partial charge in [0.05, 0.1) is 5.02 Å². The van der Waals surface area contributed by atoms with Crippen LogP contribution in [0, 0.1) is 0 Å². The average Bonchev–Trinajstić information content (AvgIpc) is 2.39. The summed E-state index contributed by atoms with van der Waals surface area (Å²) in [6.45, 7) is 2.10. The molecule has 0 aliphatic rings. The Morgan fingerprint density at radius 2 is 1.86 bits per heavy atom. The standard InChI is InChI=1S/C13H15Cl2F3N2O/c1-3-8(4-2)20(7-13(16,17)18)12(21)11-9(14)5-6-10(15)19-11/h5-6,8H,3-4,7H2,1-2H3. The number of amides is 1. The Morgan fingerprint density at radius 1 is 1.29 bits per heavy atom. The van der Waals surface area contributed by atoms with Gasteiger partial charge in [-0.2, -0.15) is 13.2 Å². The summed E-state index contributed by atoms with van der Waals surface area (Å²) < 4.78 is 38.2. The van der Waals surface area contributed by atoms with Crippen molar-refractivity contribution in [1.82, 2.24) is 9.88 Å². The predicted molar refractivity (Wildman–Crippen MR) is 75.7 cm³/mol. The molecule has 0 aliphatic heterocycles. The van der Waals surface area contributed by atoms with Crippen molar-refractivity contribution in [1.29, 1.82) is 0 Å². The zero-order chi connectivity index (χ0) is 16.2. The van der Waals surface area contributed by atoms with E-state index in [0.717, 1.165) is 4.90 Å². The molecule has 1 amide bonds. The molecule has 0 bridgehead atoms. The van der Waals surface area contributed by atoms with Crippen molar-refractivity contribution < 1.29 is 18.0 Å². The van der Waals surface area contributed by atoms with Crippen LogP contribution < -0.4 is 0 Å². The van der Waals surface area contributed by atoms with Gasteiger partial charge in [-0.3, -0.25) is 4.79 Å². The van der Waals surface area contributed by atoms with Gasteiger partial charge in [0.25, 0.3) is 5.91 Å². The van der Waals surface area contributed by atoms with E-state index in [2.05, 4.69) is 4.98 Å². The largest absolute Gasteiger partial charge is 0.406 e. The minimum atomic E-state index is -4.50. The van der Waals surface area contributed by atoms with Crippen molar-refractivity contribution in [3.05, 3.63) is 28.0 Å². The quantitative estimate of drug-likeness (QED) is 0.733. The van der Waals surface area contributed by atoms with Gasteiger partial charge in [0.2, 0.25) is 0 Å². The Hall–Kier alpha value is -1.01. The van der Waals surface area contributed by atoms with Gasteiger partial charge in [0.1, 0.15) is 17.4 Å². The molecule has 3 nitrogen and oxygen atoms in total. The number of carbonyl (C=O) groups is 1. The lowest BCUT2D eigenvalue weighted by Gasteiger charge is -2.31. The smallest absolute Gasteiger partial charge is 0.325 e. The fraction of sp³-hybridized carbons (Fsp3) is 0.538. The molecule has 118 valence electrons. The van der Waals surface area contributed by atoms with Crippen molar-refractivity contribution in [2.45, 2.75) is 38.9 Å². The minimum Gasteiger partial charge on any atom is -0.325 e. The fourth-order valence-electron chi connectivity index (χ4n) is 1.99. The molecule has 0 spiro atoms. The van der Waals surface area contributed by atoms with Crippen LogP contribution >= 0.6 is 23.2 Å². The summed E-state index contributed by atoms with van der Waals surface area (Å²) in [5, 5.41) is -0.0261. The molecule has 8 heteroatoms. The van der Waals surface area contributed by atoms with Gasteiger partial charge in [-0.1, -0.05) is 37.0 Å². The number of nitrogens with zero attached hydrogens (tertiary/aromatic N) is 2. The summed E-state index contributed by atoms with van der Waals surface area (Å²) in [5.41, 5.74) is -0.264. The molecule has 0 N–H and O–H groups in total. The lowest BCUT2D eigenvalue weighted by atomic mass is 10.1. The number of halogens is 5. The number of rotatable bonds is 5. The number of aromatic nitrogens is 1. The van der Waals surface area contributed by atoms with Crippen LogP contribution in [0.1, 0.15) is 37.2 Å². The maximum atomic E-state index is 12.7. The van der Waals surface area contributed by atoms with E-state index in [1.807, 2.05) is 0 Å². The van der Waals surface area contributed by atoms with Crippen LogP contribution in [0.15, 0.2) is 12.1 Å². The third-order valence-electron chi connectivity index (χ3n) is 3.01. The third kappa shape index (κ3) is 5.04. The second kappa shape index (κ2) is 7.31. The Morgan fingerprint density at radius 3 is 2.33 bits per heavy atom. The zero-order valence-corrected chi connectivity index (χ0v) is 13.1. The summed E-state index contributed by atoms with van der Waals surface area (Å²) in [7, 11) is 0. The number of alkyl halides is 3. The maximum Gasteiger partial charge on any atom is 0.406 e. The van der Waals surface area contributed by atoms with Crippen LogP contribution in [-0.2, 0) is 0 Å². The molecule has 0 atom stereocenters. The van der Waals surface area contributed by atoms with E-state index >= 15 is 0 Å². The van der Waals surface area contributed by atoms with Crippen LogP contribution in [0.4, 0.5) is 13.2 Å². The lowest BCUT2D eigenvalue weighted by Crippen LogP contribution is -2.45. The number of pyridine rings is 1. The van der Waals surface area contributed by atoms with Crippen LogP contribution in [0.3, 0.4) is 0 Å².